The van der Waals surface area contributed by atoms with Crippen LogP contribution in [-0.4, -0.2) is 18.9 Å². The van der Waals surface area contributed by atoms with Crippen LogP contribution >= 0.6 is 0 Å². The lowest BCUT2D eigenvalue weighted by atomic mass is 9.88. The van der Waals surface area contributed by atoms with Crippen molar-refractivity contribution in [1.29, 1.82) is 0 Å². The topological polar surface area (TPSA) is 86.5 Å². The lowest BCUT2D eigenvalue weighted by Gasteiger charge is -2.30. The van der Waals surface area contributed by atoms with Crippen molar-refractivity contribution in [2.45, 2.75) is 16.8 Å². The molecule has 0 amide bonds. The third-order valence-electron chi connectivity index (χ3n) is 4.68. The molecule has 0 saturated heterocycles. The van der Waals surface area contributed by atoms with E-state index in [4.69, 9.17) is 9.88 Å². The Morgan fingerprint density at radius 3 is 2.46 bits per heavy atom. The van der Waals surface area contributed by atoms with Crippen molar-refractivity contribution in [3.05, 3.63) is 83.4 Å². The summed E-state index contributed by atoms with van der Waals surface area (Å²) in [5.41, 5.74) is 4.04. The van der Waals surface area contributed by atoms with E-state index in [1.54, 1.807) is 12.3 Å². The summed E-state index contributed by atoms with van der Waals surface area (Å²) in [6.07, 6.45) is 1.23. The zero-order chi connectivity index (χ0) is 19.9. The van der Waals surface area contributed by atoms with E-state index in [0.29, 0.717) is 16.2 Å². The third-order valence-corrected chi connectivity index (χ3v) is 6.38. The van der Waals surface area contributed by atoms with Gasteiger partial charge in [-0.3, -0.25) is 4.21 Å². The molecule has 7 heteroatoms. The lowest BCUT2D eigenvalue weighted by Crippen LogP contribution is -2.18. The molecule has 0 saturated carbocycles. The Bertz CT molecular complexity index is 1170. The first-order chi connectivity index (χ1) is 13.3. The number of rotatable bonds is 4. The Hall–Kier alpha value is -2.48. The molecule has 0 aromatic heterocycles. The molecule has 0 radical (unpaired) electrons. The fourth-order valence-corrected chi connectivity index (χ4v) is 4.97. The molecule has 2 N–H and O–H groups in total. The van der Waals surface area contributed by atoms with Gasteiger partial charge in [0, 0.05) is 17.4 Å². The fraction of sp³-hybridized carbons (Fsp3) is 0.143. The van der Waals surface area contributed by atoms with E-state index in [1.165, 1.54) is 0 Å². The summed E-state index contributed by atoms with van der Waals surface area (Å²) in [5.74, 6) is 0.406. The van der Waals surface area contributed by atoms with Crippen molar-refractivity contribution in [2.75, 3.05) is 6.26 Å². The van der Waals surface area contributed by atoms with Gasteiger partial charge in [0.1, 0.15) is 11.9 Å². The van der Waals surface area contributed by atoms with Gasteiger partial charge in [0.25, 0.3) is 0 Å². The monoisotopic (exact) mass is 413 g/mol. The van der Waals surface area contributed by atoms with E-state index in [2.05, 4.69) is 0 Å². The highest BCUT2D eigenvalue weighted by molar-refractivity contribution is 7.88. The maximum Gasteiger partial charge on any atom is 0.213 e. The maximum atomic E-state index is 12.3. The molecule has 5 nitrogen and oxygen atoms in total. The average molecular weight is 414 g/mol. The third kappa shape index (κ3) is 3.61. The summed E-state index contributed by atoms with van der Waals surface area (Å²) < 4.78 is 41.7. The summed E-state index contributed by atoms with van der Waals surface area (Å²) in [6.45, 7) is 0. The van der Waals surface area contributed by atoms with Crippen LogP contribution in [0.5, 0.6) is 5.75 Å². The minimum atomic E-state index is -3.66. The second-order valence-corrected chi connectivity index (χ2v) is 9.68. The molecular weight excluding hydrogens is 394 g/mol. The average Bonchev–Trinajstić information content (AvgIpc) is 2.66. The lowest BCUT2D eigenvalue weighted by molar-refractivity contribution is 0.243. The molecular formula is C21H19NO4S2. The second kappa shape index (κ2) is 7.16. The van der Waals surface area contributed by atoms with Crippen LogP contribution in [-0.2, 0) is 26.6 Å². The number of sulfonamides is 1. The van der Waals surface area contributed by atoms with Crippen molar-refractivity contribution >= 4 is 20.8 Å². The smallest absolute Gasteiger partial charge is 0.213 e. The Morgan fingerprint density at radius 1 is 1.04 bits per heavy atom. The second-order valence-electron chi connectivity index (χ2n) is 6.72. The van der Waals surface area contributed by atoms with Crippen LogP contribution in [0.1, 0.15) is 22.8 Å². The van der Waals surface area contributed by atoms with Gasteiger partial charge < -0.3 is 4.74 Å². The van der Waals surface area contributed by atoms with E-state index in [1.807, 2.05) is 60.7 Å². The van der Waals surface area contributed by atoms with Gasteiger partial charge in [-0.15, -0.1) is 0 Å². The van der Waals surface area contributed by atoms with Gasteiger partial charge >= 0.3 is 0 Å². The Balaban J connectivity index is 1.95. The Kier molecular flexibility index (Phi) is 4.82. The molecule has 3 aromatic carbocycles. The number of ether oxygens (including phenoxy) is 1. The van der Waals surface area contributed by atoms with Crippen LogP contribution in [0.4, 0.5) is 0 Å². The minimum Gasteiger partial charge on any atom is -0.480 e. The first-order valence-corrected chi connectivity index (χ1v) is 11.9. The SMILES string of the molecule is CS(=O)c1cccc2c1-c1ccc(CS(N)(=O)=O)cc1C(c1ccccc1)O2. The van der Waals surface area contributed by atoms with Gasteiger partial charge in [-0.2, -0.15) is 0 Å². The quantitative estimate of drug-likeness (QED) is 0.711. The summed E-state index contributed by atoms with van der Waals surface area (Å²) in [7, 11) is -4.86. The summed E-state index contributed by atoms with van der Waals surface area (Å²) in [5, 5.41) is 5.23. The molecule has 3 aromatic rings. The molecule has 144 valence electrons. The first kappa shape index (κ1) is 18.9. The largest absolute Gasteiger partial charge is 0.480 e. The molecule has 1 aliphatic rings. The normalized spacial score (nSPS) is 16.6. The maximum absolute atomic E-state index is 12.3. The molecule has 1 heterocycles. The Morgan fingerprint density at radius 2 is 1.79 bits per heavy atom. The van der Waals surface area contributed by atoms with E-state index < -0.39 is 26.9 Å². The number of fused-ring (bicyclic) bond motifs is 3. The first-order valence-electron chi connectivity index (χ1n) is 8.65. The molecule has 2 atom stereocenters. The van der Waals surface area contributed by atoms with Crippen LogP contribution in [0.15, 0.2) is 71.6 Å². The van der Waals surface area contributed by atoms with Crippen LogP contribution in [0.2, 0.25) is 0 Å². The molecule has 0 bridgehead atoms. The van der Waals surface area contributed by atoms with Gasteiger partial charge in [0.05, 0.1) is 21.4 Å². The highest BCUT2D eigenvalue weighted by Crippen LogP contribution is 2.47. The molecule has 28 heavy (non-hydrogen) atoms. The van der Waals surface area contributed by atoms with Crippen molar-refractivity contribution < 1.29 is 17.4 Å². The minimum absolute atomic E-state index is 0.254. The highest BCUT2D eigenvalue weighted by Gasteiger charge is 2.30. The Labute approximate surface area is 166 Å². The zero-order valence-electron chi connectivity index (χ0n) is 15.2. The molecule has 0 aliphatic carbocycles. The fourth-order valence-electron chi connectivity index (χ4n) is 3.56. The number of primary sulfonamides is 1. The summed E-state index contributed by atoms with van der Waals surface area (Å²) in [4.78, 5) is 0.685. The molecule has 0 spiro atoms. The standard InChI is InChI=1S/C21H19NO4S2/c1-27(23)19-9-5-8-18-20(19)16-11-10-14(13-28(22,24)25)12-17(16)21(26-18)15-6-3-2-4-7-15/h2-12,21H,13H2,1H3,(H2,22,24,25). The van der Waals surface area contributed by atoms with Crippen LogP contribution in [0, 0.1) is 0 Å². The van der Waals surface area contributed by atoms with Crippen LogP contribution < -0.4 is 9.88 Å². The molecule has 4 rings (SSSR count). The van der Waals surface area contributed by atoms with Gasteiger partial charge in [0.15, 0.2) is 0 Å². The molecule has 1 aliphatic heterocycles. The number of nitrogens with two attached hydrogens (primary N) is 1. The van der Waals surface area contributed by atoms with E-state index in [0.717, 1.165) is 22.3 Å². The van der Waals surface area contributed by atoms with Crippen molar-refractivity contribution in [3.8, 4) is 16.9 Å². The summed E-state index contributed by atoms with van der Waals surface area (Å²) >= 11 is 0. The highest BCUT2D eigenvalue weighted by atomic mass is 32.2. The predicted octanol–water partition coefficient (Wildman–Crippen LogP) is 3.36. The van der Waals surface area contributed by atoms with E-state index >= 15 is 0 Å². The van der Waals surface area contributed by atoms with Gasteiger partial charge in [0.2, 0.25) is 10.0 Å². The zero-order valence-corrected chi connectivity index (χ0v) is 16.8. The van der Waals surface area contributed by atoms with E-state index in [-0.39, 0.29) is 5.75 Å². The van der Waals surface area contributed by atoms with Gasteiger partial charge in [-0.1, -0.05) is 54.6 Å². The van der Waals surface area contributed by atoms with Gasteiger partial charge in [-0.05, 0) is 28.8 Å². The van der Waals surface area contributed by atoms with Crippen LogP contribution in [0.3, 0.4) is 0 Å². The van der Waals surface area contributed by atoms with Crippen molar-refractivity contribution in [1.82, 2.24) is 0 Å². The van der Waals surface area contributed by atoms with Crippen molar-refractivity contribution in [2.24, 2.45) is 5.14 Å². The molecule has 2 unspecified atom stereocenters. The number of benzene rings is 3. The van der Waals surface area contributed by atoms with Crippen molar-refractivity contribution in [3.63, 3.8) is 0 Å². The van der Waals surface area contributed by atoms with Gasteiger partial charge in [-0.25, -0.2) is 13.6 Å². The molecule has 0 fully saturated rings. The summed E-state index contributed by atoms with van der Waals surface area (Å²) in [6, 6.07) is 20.7. The van der Waals surface area contributed by atoms with Crippen LogP contribution in [0.25, 0.3) is 11.1 Å². The van der Waals surface area contributed by atoms with E-state index in [9.17, 15) is 12.6 Å². The number of hydrogen-bond donors (Lipinski definition) is 1. The predicted molar refractivity (Wildman–Crippen MR) is 110 cm³/mol. The number of hydrogen-bond acceptors (Lipinski definition) is 4.